The molecule has 3 atom stereocenters. The third kappa shape index (κ3) is 3.38. The summed E-state index contributed by atoms with van der Waals surface area (Å²) in [6.07, 6.45) is 0. The van der Waals surface area contributed by atoms with Crippen molar-refractivity contribution < 1.29 is 28.5 Å². The Labute approximate surface area is 167 Å². The van der Waals surface area contributed by atoms with E-state index < -0.39 is 17.1 Å². The molecule has 2 heterocycles. The molecule has 9 nitrogen and oxygen atoms in total. The molecular formula is C19H35N3O6. The second kappa shape index (κ2) is 9.39. The van der Waals surface area contributed by atoms with E-state index in [9.17, 15) is 9.59 Å². The quantitative estimate of drug-likeness (QED) is 0.495. The molecule has 162 valence electrons. The highest BCUT2D eigenvalue weighted by molar-refractivity contribution is 5.91. The van der Waals surface area contributed by atoms with Crippen LogP contribution in [0.3, 0.4) is 0 Å². The van der Waals surface area contributed by atoms with Crippen LogP contribution in [0.25, 0.3) is 0 Å². The average Bonchev–Trinajstić information content (AvgIpc) is 2.93. The van der Waals surface area contributed by atoms with E-state index in [0.717, 1.165) is 0 Å². The van der Waals surface area contributed by atoms with E-state index in [-0.39, 0.29) is 38.7 Å². The summed E-state index contributed by atoms with van der Waals surface area (Å²) in [4.78, 5) is 31.7. The number of hydrogen-bond acceptors (Lipinski definition) is 6. The molecule has 9 heteroatoms. The van der Waals surface area contributed by atoms with Gasteiger partial charge in [-0.25, -0.2) is 4.79 Å². The SMILES string of the molecule is CCOCC1C(=O)N(COCC)C2(C)N(COCC)C(=O)N(COCC)C12C. The average molecular weight is 402 g/mol. The van der Waals surface area contributed by atoms with Crippen LogP contribution in [0.15, 0.2) is 0 Å². The predicted molar refractivity (Wildman–Crippen MR) is 102 cm³/mol. The van der Waals surface area contributed by atoms with Gasteiger partial charge in [-0.05, 0) is 41.5 Å². The zero-order valence-electron chi connectivity index (χ0n) is 18.0. The maximum Gasteiger partial charge on any atom is 0.326 e. The Kier molecular flexibility index (Phi) is 7.66. The molecule has 0 saturated carbocycles. The number of urea groups is 1. The van der Waals surface area contributed by atoms with Crippen LogP contribution in [0.2, 0.25) is 0 Å². The number of rotatable bonds is 12. The number of nitrogens with zero attached hydrogens (tertiary/aromatic N) is 3. The first kappa shape index (κ1) is 22.9. The van der Waals surface area contributed by atoms with Gasteiger partial charge < -0.3 is 18.9 Å². The lowest BCUT2D eigenvalue weighted by Crippen LogP contribution is -2.64. The van der Waals surface area contributed by atoms with Gasteiger partial charge in [-0.15, -0.1) is 0 Å². The molecule has 0 aromatic carbocycles. The van der Waals surface area contributed by atoms with Crippen LogP contribution >= 0.6 is 0 Å². The zero-order chi connectivity index (χ0) is 20.9. The summed E-state index contributed by atoms with van der Waals surface area (Å²) in [5.74, 6) is -0.628. The fourth-order valence-electron chi connectivity index (χ4n) is 4.22. The van der Waals surface area contributed by atoms with E-state index in [4.69, 9.17) is 18.9 Å². The Morgan fingerprint density at radius 1 is 0.750 bits per heavy atom. The van der Waals surface area contributed by atoms with Crippen LogP contribution in [0.1, 0.15) is 41.5 Å². The van der Waals surface area contributed by atoms with Gasteiger partial charge in [0.2, 0.25) is 5.91 Å². The molecule has 28 heavy (non-hydrogen) atoms. The second-order valence-electron chi connectivity index (χ2n) is 7.15. The molecule has 0 bridgehead atoms. The lowest BCUT2D eigenvalue weighted by molar-refractivity contribution is -0.149. The summed E-state index contributed by atoms with van der Waals surface area (Å²) >= 11 is 0. The van der Waals surface area contributed by atoms with Crippen LogP contribution in [-0.2, 0) is 23.7 Å². The van der Waals surface area contributed by atoms with Gasteiger partial charge in [-0.2, -0.15) is 0 Å². The number of ether oxygens (including phenoxy) is 4. The van der Waals surface area contributed by atoms with E-state index in [2.05, 4.69) is 0 Å². The number of likely N-dealkylation sites (tertiary alicyclic amines) is 1. The van der Waals surface area contributed by atoms with E-state index in [1.54, 1.807) is 14.7 Å². The third-order valence-electron chi connectivity index (χ3n) is 6.04. The van der Waals surface area contributed by atoms with E-state index in [1.807, 2.05) is 41.5 Å². The molecule has 3 amide bonds. The lowest BCUT2D eigenvalue weighted by atomic mass is 9.79. The normalized spacial score (nSPS) is 29.9. The number of carbonyl (C=O) groups is 2. The Morgan fingerprint density at radius 3 is 1.71 bits per heavy atom. The number of fused-ring (bicyclic) bond motifs is 1. The second-order valence-corrected chi connectivity index (χ2v) is 7.15. The van der Waals surface area contributed by atoms with Crippen LogP contribution < -0.4 is 0 Å². The monoisotopic (exact) mass is 401 g/mol. The summed E-state index contributed by atoms with van der Waals surface area (Å²) in [7, 11) is 0. The number of carbonyl (C=O) groups excluding carboxylic acids is 2. The van der Waals surface area contributed by atoms with Gasteiger partial charge in [-0.3, -0.25) is 19.5 Å². The fraction of sp³-hybridized carbons (Fsp3) is 0.895. The first-order valence-electron chi connectivity index (χ1n) is 10.1. The summed E-state index contributed by atoms with van der Waals surface area (Å²) < 4.78 is 22.4. The zero-order valence-corrected chi connectivity index (χ0v) is 18.0. The van der Waals surface area contributed by atoms with Crippen molar-refractivity contribution in [3.8, 4) is 0 Å². The topological polar surface area (TPSA) is 80.8 Å². The minimum Gasteiger partial charge on any atom is -0.381 e. The van der Waals surface area contributed by atoms with Crippen molar-refractivity contribution in [2.75, 3.05) is 53.2 Å². The highest BCUT2D eigenvalue weighted by atomic mass is 16.5. The van der Waals surface area contributed by atoms with Gasteiger partial charge in [0, 0.05) is 26.4 Å². The summed E-state index contributed by atoms with van der Waals surface area (Å²) in [6.45, 7) is 13.7. The van der Waals surface area contributed by atoms with E-state index >= 15 is 0 Å². The number of hydrogen-bond donors (Lipinski definition) is 0. The molecule has 0 aromatic rings. The molecule has 2 fully saturated rings. The van der Waals surface area contributed by atoms with Crippen molar-refractivity contribution >= 4 is 11.9 Å². The molecule has 2 rings (SSSR count). The molecule has 2 saturated heterocycles. The van der Waals surface area contributed by atoms with Crippen LogP contribution in [-0.4, -0.2) is 91.1 Å². The molecule has 2 aliphatic rings. The molecule has 3 unspecified atom stereocenters. The van der Waals surface area contributed by atoms with Gasteiger partial charge in [0.05, 0.1) is 18.1 Å². The van der Waals surface area contributed by atoms with Crippen molar-refractivity contribution in [3.63, 3.8) is 0 Å². The van der Waals surface area contributed by atoms with E-state index in [1.165, 1.54) is 0 Å². The standard InChI is InChI=1S/C19H35N3O6/c1-7-25-11-15-16(23)20(12-26-8-2)19(6)18(15,5)21(13-27-9-3)17(24)22(19)14-28-10-4/h15H,7-14H2,1-6H3. The third-order valence-corrected chi connectivity index (χ3v) is 6.04. The molecule has 2 aliphatic heterocycles. The summed E-state index contributed by atoms with van der Waals surface area (Å²) in [5.41, 5.74) is -1.82. The smallest absolute Gasteiger partial charge is 0.326 e. The minimum atomic E-state index is -0.954. The first-order chi connectivity index (χ1) is 13.4. The van der Waals surface area contributed by atoms with Crippen molar-refractivity contribution in [2.45, 2.75) is 52.7 Å². The van der Waals surface area contributed by atoms with Gasteiger partial charge in [-0.1, -0.05) is 0 Å². The Morgan fingerprint density at radius 2 is 1.21 bits per heavy atom. The molecule has 0 spiro atoms. The van der Waals surface area contributed by atoms with Gasteiger partial charge >= 0.3 is 6.03 Å². The Balaban J connectivity index is 2.54. The maximum atomic E-state index is 13.4. The Hall–Kier alpha value is -1.42. The van der Waals surface area contributed by atoms with Crippen LogP contribution in [0, 0.1) is 5.92 Å². The summed E-state index contributed by atoms with van der Waals surface area (Å²) in [6, 6.07) is -0.220. The highest BCUT2D eigenvalue weighted by Crippen LogP contribution is 2.53. The van der Waals surface area contributed by atoms with Crippen molar-refractivity contribution in [2.24, 2.45) is 5.92 Å². The molecule has 0 N–H and O–H groups in total. The Bertz CT molecular complexity index is 474. The molecular weight excluding hydrogens is 366 g/mol. The van der Waals surface area contributed by atoms with Crippen LogP contribution in [0.4, 0.5) is 4.79 Å². The lowest BCUT2D eigenvalue weighted by Gasteiger charge is -2.45. The molecule has 0 radical (unpaired) electrons. The van der Waals surface area contributed by atoms with Gasteiger partial charge in [0.25, 0.3) is 0 Å². The summed E-state index contributed by atoms with van der Waals surface area (Å²) in [5, 5.41) is 0. The predicted octanol–water partition coefficient (Wildman–Crippen LogP) is 1.68. The van der Waals surface area contributed by atoms with Crippen LogP contribution in [0.5, 0.6) is 0 Å². The molecule has 0 aliphatic carbocycles. The number of amides is 3. The largest absolute Gasteiger partial charge is 0.381 e. The van der Waals surface area contributed by atoms with Crippen molar-refractivity contribution in [1.82, 2.24) is 14.7 Å². The fourth-order valence-corrected chi connectivity index (χ4v) is 4.22. The molecule has 0 aromatic heterocycles. The minimum absolute atomic E-state index is 0.0846. The maximum absolute atomic E-state index is 13.4. The first-order valence-corrected chi connectivity index (χ1v) is 10.1. The van der Waals surface area contributed by atoms with E-state index in [0.29, 0.717) is 26.4 Å². The highest BCUT2D eigenvalue weighted by Gasteiger charge is 2.75. The van der Waals surface area contributed by atoms with Gasteiger partial charge in [0.1, 0.15) is 25.9 Å². The van der Waals surface area contributed by atoms with Crippen molar-refractivity contribution in [1.29, 1.82) is 0 Å². The van der Waals surface area contributed by atoms with Gasteiger partial charge in [0.15, 0.2) is 0 Å². The van der Waals surface area contributed by atoms with Crippen molar-refractivity contribution in [3.05, 3.63) is 0 Å².